The van der Waals surface area contributed by atoms with Crippen molar-refractivity contribution >= 4 is 28.9 Å². The number of hydrogen-bond donors (Lipinski definition) is 1. The van der Waals surface area contributed by atoms with Gasteiger partial charge in [-0.2, -0.15) is 0 Å². The van der Waals surface area contributed by atoms with Crippen molar-refractivity contribution in [2.45, 2.75) is 27.0 Å². The summed E-state index contributed by atoms with van der Waals surface area (Å²) < 4.78 is 6.01. The SMILES string of the molecule is Cc1ccc(NCc2ccccc2OCc2ccc(Cl)c(Cl)c2)cc1C. The van der Waals surface area contributed by atoms with Crippen LogP contribution in [0.2, 0.25) is 10.0 Å². The minimum atomic E-state index is 0.442. The fourth-order valence-electron chi connectivity index (χ4n) is 2.63. The third-order valence-corrected chi connectivity index (χ3v) is 5.08. The summed E-state index contributed by atoms with van der Waals surface area (Å²) in [4.78, 5) is 0. The summed E-state index contributed by atoms with van der Waals surface area (Å²) in [6.45, 7) is 5.37. The first kappa shape index (κ1) is 18.6. The maximum Gasteiger partial charge on any atom is 0.124 e. The summed E-state index contributed by atoms with van der Waals surface area (Å²) in [5.74, 6) is 0.856. The first-order chi connectivity index (χ1) is 12.5. The molecule has 0 aliphatic rings. The van der Waals surface area contributed by atoms with Crippen LogP contribution in [0, 0.1) is 13.8 Å². The van der Waals surface area contributed by atoms with E-state index in [0.29, 0.717) is 23.2 Å². The molecule has 0 radical (unpaired) electrons. The number of benzene rings is 3. The summed E-state index contributed by atoms with van der Waals surface area (Å²) in [6.07, 6.45) is 0. The molecular weight excluding hydrogens is 365 g/mol. The number of para-hydroxylation sites is 1. The van der Waals surface area contributed by atoms with Crippen LogP contribution in [0.1, 0.15) is 22.3 Å². The van der Waals surface area contributed by atoms with Crippen LogP contribution in [0.4, 0.5) is 5.69 Å². The maximum absolute atomic E-state index is 6.07. The Morgan fingerprint density at radius 2 is 1.65 bits per heavy atom. The van der Waals surface area contributed by atoms with Crippen LogP contribution in [-0.2, 0) is 13.2 Å². The quantitative estimate of drug-likeness (QED) is 0.503. The Kier molecular flexibility index (Phi) is 6.08. The predicted molar refractivity (Wildman–Crippen MR) is 110 cm³/mol. The van der Waals surface area contributed by atoms with Gasteiger partial charge in [-0.05, 0) is 60.9 Å². The molecule has 1 N–H and O–H groups in total. The molecule has 0 heterocycles. The number of rotatable bonds is 6. The Hall–Kier alpha value is -2.16. The number of nitrogens with one attached hydrogen (secondary N) is 1. The summed E-state index contributed by atoms with van der Waals surface area (Å²) in [5, 5.41) is 4.55. The normalized spacial score (nSPS) is 10.6. The van der Waals surface area contributed by atoms with Crippen LogP contribution < -0.4 is 10.1 Å². The average molecular weight is 386 g/mol. The van der Waals surface area contributed by atoms with Crippen molar-refractivity contribution in [3.8, 4) is 5.75 Å². The predicted octanol–water partition coefficient (Wildman–Crippen LogP) is 6.80. The van der Waals surface area contributed by atoms with Crippen molar-refractivity contribution in [3.63, 3.8) is 0 Å². The molecule has 0 fully saturated rings. The van der Waals surface area contributed by atoms with E-state index in [1.54, 1.807) is 6.07 Å². The van der Waals surface area contributed by atoms with E-state index in [9.17, 15) is 0 Å². The molecule has 0 saturated carbocycles. The van der Waals surface area contributed by atoms with Gasteiger partial charge in [0.1, 0.15) is 12.4 Å². The summed E-state index contributed by atoms with van der Waals surface area (Å²) in [6, 6.07) is 20.0. The molecule has 0 unspecified atom stereocenters. The third kappa shape index (κ3) is 4.72. The zero-order valence-corrected chi connectivity index (χ0v) is 16.4. The average Bonchev–Trinajstić information content (AvgIpc) is 2.64. The van der Waals surface area contributed by atoms with Crippen molar-refractivity contribution in [3.05, 3.63) is 93.0 Å². The van der Waals surface area contributed by atoms with Crippen LogP contribution in [0.15, 0.2) is 60.7 Å². The van der Waals surface area contributed by atoms with E-state index >= 15 is 0 Å². The van der Waals surface area contributed by atoms with Gasteiger partial charge >= 0.3 is 0 Å². The number of ether oxygens (including phenoxy) is 1. The molecule has 0 saturated heterocycles. The lowest BCUT2D eigenvalue weighted by Gasteiger charge is -2.14. The molecule has 2 nitrogen and oxygen atoms in total. The highest BCUT2D eigenvalue weighted by Crippen LogP contribution is 2.25. The lowest BCUT2D eigenvalue weighted by atomic mass is 10.1. The molecule has 0 aliphatic heterocycles. The first-order valence-corrected chi connectivity index (χ1v) is 9.24. The van der Waals surface area contributed by atoms with E-state index in [0.717, 1.165) is 22.6 Å². The second kappa shape index (κ2) is 8.48. The van der Waals surface area contributed by atoms with Gasteiger partial charge < -0.3 is 10.1 Å². The van der Waals surface area contributed by atoms with Crippen molar-refractivity contribution in [1.82, 2.24) is 0 Å². The van der Waals surface area contributed by atoms with Gasteiger partial charge in [0.25, 0.3) is 0 Å². The van der Waals surface area contributed by atoms with Gasteiger partial charge in [0.05, 0.1) is 10.0 Å². The number of anilines is 1. The lowest BCUT2D eigenvalue weighted by Crippen LogP contribution is -2.04. The molecule has 0 spiro atoms. The maximum atomic E-state index is 6.07. The number of aryl methyl sites for hydroxylation is 2. The van der Waals surface area contributed by atoms with Gasteiger partial charge in [0, 0.05) is 17.8 Å². The third-order valence-electron chi connectivity index (χ3n) is 4.34. The molecule has 3 aromatic rings. The molecule has 0 bridgehead atoms. The molecule has 3 rings (SSSR count). The van der Waals surface area contributed by atoms with Gasteiger partial charge in [-0.15, -0.1) is 0 Å². The molecule has 4 heteroatoms. The minimum absolute atomic E-state index is 0.442. The van der Waals surface area contributed by atoms with E-state index in [1.165, 1.54) is 11.1 Å². The van der Waals surface area contributed by atoms with Crippen LogP contribution >= 0.6 is 23.2 Å². The van der Waals surface area contributed by atoms with Crippen LogP contribution in [-0.4, -0.2) is 0 Å². The van der Waals surface area contributed by atoms with Gasteiger partial charge in [-0.1, -0.05) is 53.5 Å². The van der Waals surface area contributed by atoms with Crippen molar-refractivity contribution in [2.24, 2.45) is 0 Å². The highest BCUT2D eigenvalue weighted by atomic mass is 35.5. The molecule has 0 aromatic heterocycles. The molecule has 26 heavy (non-hydrogen) atoms. The highest BCUT2D eigenvalue weighted by molar-refractivity contribution is 6.42. The van der Waals surface area contributed by atoms with Crippen LogP contribution in [0.5, 0.6) is 5.75 Å². The van der Waals surface area contributed by atoms with Crippen LogP contribution in [0.3, 0.4) is 0 Å². The monoisotopic (exact) mass is 385 g/mol. The Morgan fingerprint density at radius 3 is 2.42 bits per heavy atom. The zero-order valence-electron chi connectivity index (χ0n) is 14.9. The van der Waals surface area contributed by atoms with Crippen LogP contribution in [0.25, 0.3) is 0 Å². The van der Waals surface area contributed by atoms with Crippen molar-refractivity contribution in [2.75, 3.05) is 5.32 Å². The topological polar surface area (TPSA) is 21.3 Å². The zero-order chi connectivity index (χ0) is 18.5. The number of halogens is 2. The second-order valence-corrected chi connectivity index (χ2v) is 7.11. The van der Waals surface area contributed by atoms with Gasteiger partial charge in [0.15, 0.2) is 0 Å². The van der Waals surface area contributed by atoms with Gasteiger partial charge in [-0.25, -0.2) is 0 Å². The smallest absolute Gasteiger partial charge is 0.124 e. The fourth-order valence-corrected chi connectivity index (χ4v) is 2.95. The molecule has 0 aliphatic carbocycles. The molecule has 0 amide bonds. The standard InChI is InChI=1S/C22H21Cl2NO/c1-15-7-9-19(11-16(15)2)25-13-18-5-3-4-6-22(18)26-14-17-8-10-20(23)21(24)12-17/h3-12,25H,13-14H2,1-2H3. The van der Waals surface area contributed by atoms with Gasteiger partial charge in [0.2, 0.25) is 0 Å². The Bertz CT molecular complexity index is 834. The van der Waals surface area contributed by atoms with E-state index < -0.39 is 0 Å². The summed E-state index contributed by atoms with van der Waals surface area (Å²) in [7, 11) is 0. The summed E-state index contributed by atoms with van der Waals surface area (Å²) in [5.41, 5.74) is 5.76. The first-order valence-electron chi connectivity index (χ1n) is 8.48. The van der Waals surface area contributed by atoms with Crippen molar-refractivity contribution < 1.29 is 4.74 Å². The van der Waals surface area contributed by atoms with E-state index in [1.807, 2.05) is 30.3 Å². The van der Waals surface area contributed by atoms with E-state index in [-0.39, 0.29) is 0 Å². The lowest BCUT2D eigenvalue weighted by molar-refractivity contribution is 0.303. The molecular formula is C22H21Cl2NO. The Balaban J connectivity index is 1.67. The molecule has 3 aromatic carbocycles. The number of hydrogen-bond acceptors (Lipinski definition) is 2. The highest BCUT2D eigenvalue weighted by Gasteiger charge is 2.06. The van der Waals surface area contributed by atoms with E-state index in [4.69, 9.17) is 27.9 Å². The van der Waals surface area contributed by atoms with Crippen molar-refractivity contribution in [1.29, 1.82) is 0 Å². The fraction of sp³-hybridized carbons (Fsp3) is 0.182. The van der Waals surface area contributed by atoms with E-state index in [2.05, 4.69) is 43.4 Å². The Morgan fingerprint density at radius 1 is 0.846 bits per heavy atom. The minimum Gasteiger partial charge on any atom is -0.489 e. The molecule has 0 atom stereocenters. The second-order valence-electron chi connectivity index (χ2n) is 6.30. The van der Waals surface area contributed by atoms with Gasteiger partial charge in [-0.3, -0.25) is 0 Å². The largest absolute Gasteiger partial charge is 0.489 e. The molecule has 134 valence electrons. The summed E-state index contributed by atoms with van der Waals surface area (Å²) >= 11 is 12.0. The Labute approximate surface area is 164 Å².